The van der Waals surface area contributed by atoms with Crippen LogP contribution in [0.5, 0.6) is 0 Å². The molecule has 2 unspecified atom stereocenters. The van der Waals surface area contributed by atoms with E-state index in [1.54, 1.807) is 0 Å². The Kier molecular flexibility index (Phi) is 4.89. The second kappa shape index (κ2) is 6.23. The highest BCUT2D eigenvalue weighted by atomic mass is 16.3. The molecule has 0 aromatic heterocycles. The number of hydrogen-bond donors (Lipinski definition) is 1. The lowest BCUT2D eigenvalue weighted by atomic mass is 9.69. The van der Waals surface area contributed by atoms with Gasteiger partial charge in [0.15, 0.2) is 0 Å². The van der Waals surface area contributed by atoms with Gasteiger partial charge in [0.2, 0.25) is 0 Å². The Labute approximate surface area is 113 Å². The van der Waals surface area contributed by atoms with E-state index in [0.29, 0.717) is 5.92 Å². The van der Waals surface area contributed by atoms with Gasteiger partial charge < -0.3 is 5.11 Å². The zero-order valence-corrected chi connectivity index (χ0v) is 12.3. The molecule has 0 radical (unpaired) electrons. The van der Waals surface area contributed by atoms with Crippen molar-refractivity contribution in [2.45, 2.75) is 83.7 Å². The van der Waals surface area contributed by atoms with Crippen LogP contribution in [0, 0.1) is 11.8 Å². The van der Waals surface area contributed by atoms with Gasteiger partial charge in [0.25, 0.3) is 0 Å². The minimum atomic E-state index is -0.454. The van der Waals surface area contributed by atoms with Crippen LogP contribution < -0.4 is 0 Å². The molecule has 2 aliphatic carbocycles. The molecule has 1 heteroatoms. The van der Waals surface area contributed by atoms with Gasteiger partial charge in [-0.1, -0.05) is 32.8 Å². The lowest BCUT2D eigenvalue weighted by Gasteiger charge is -2.41. The van der Waals surface area contributed by atoms with Gasteiger partial charge in [-0.3, -0.25) is 0 Å². The van der Waals surface area contributed by atoms with Gasteiger partial charge in [-0.2, -0.15) is 0 Å². The first kappa shape index (κ1) is 14.1. The monoisotopic (exact) mass is 250 g/mol. The summed E-state index contributed by atoms with van der Waals surface area (Å²) in [5, 5.41) is 11.1. The summed E-state index contributed by atoms with van der Waals surface area (Å²) in [4.78, 5) is 0. The zero-order valence-electron chi connectivity index (χ0n) is 12.3. The van der Waals surface area contributed by atoms with Gasteiger partial charge in [-0.25, -0.2) is 0 Å². The second-order valence-electron chi connectivity index (χ2n) is 6.81. The third-order valence-corrected chi connectivity index (χ3v) is 5.10. The van der Waals surface area contributed by atoms with E-state index in [4.69, 9.17) is 0 Å². The molecule has 2 rings (SSSR count). The van der Waals surface area contributed by atoms with Crippen LogP contribution in [0.3, 0.4) is 0 Å². The van der Waals surface area contributed by atoms with Crippen LogP contribution in [0.4, 0.5) is 0 Å². The number of allylic oxidation sites excluding steroid dienone is 1. The van der Waals surface area contributed by atoms with Crippen molar-refractivity contribution in [3.8, 4) is 0 Å². The van der Waals surface area contributed by atoms with Crippen molar-refractivity contribution in [3.63, 3.8) is 0 Å². The van der Waals surface area contributed by atoms with Gasteiger partial charge in [0, 0.05) is 0 Å². The first-order chi connectivity index (χ1) is 8.62. The van der Waals surface area contributed by atoms with Crippen molar-refractivity contribution in [1.82, 2.24) is 0 Å². The lowest BCUT2D eigenvalue weighted by molar-refractivity contribution is 0.00390. The molecular formula is C17H30O. The van der Waals surface area contributed by atoms with E-state index in [-0.39, 0.29) is 0 Å². The normalized spacial score (nSPS) is 34.9. The molecule has 0 spiro atoms. The highest BCUT2D eigenvalue weighted by Crippen LogP contribution is 2.42. The van der Waals surface area contributed by atoms with Crippen molar-refractivity contribution in [2.24, 2.45) is 11.8 Å². The summed E-state index contributed by atoms with van der Waals surface area (Å²) in [6, 6.07) is 0. The van der Waals surface area contributed by atoms with Crippen LogP contribution in [0.25, 0.3) is 0 Å². The topological polar surface area (TPSA) is 20.2 Å². The third-order valence-electron chi connectivity index (χ3n) is 5.10. The second-order valence-corrected chi connectivity index (χ2v) is 6.81. The Morgan fingerprint density at radius 3 is 2.72 bits per heavy atom. The van der Waals surface area contributed by atoms with Crippen molar-refractivity contribution >= 4 is 0 Å². The Balaban J connectivity index is 2.08. The fourth-order valence-electron chi connectivity index (χ4n) is 3.77. The fraction of sp³-hybridized carbons (Fsp3) is 0.882. The maximum absolute atomic E-state index is 11.1. The predicted octanol–water partition coefficient (Wildman–Crippen LogP) is 4.84. The van der Waals surface area contributed by atoms with E-state index in [2.05, 4.69) is 19.9 Å². The third kappa shape index (κ3) is 3.38. The van der Waals surface area contributed by atoms with Crippen LogP contribution in [0.15, 0.2) is 11.6 Å². The molecule has 1 N–H and O–H groups in total. The van der Waals surface area contributed by atoms with Gasteiger partial charge in [-0.15, -0.1) is 0 Å². The van der Waals surface area contributed by atoms with Crippen molar-refractivity contribution < 1.29 is 5.11 Å². The molecule has 2 aliphatic rings. The van der Waals surface area contributed by atoms with Crippen molar-refractivity contribution in [3.05, 3.63) is 11.6 Å². The standard InChI is InChI=1S/C17H30O/c1-14(2)15-9-8-12-17(18,13-15)16-10-6-4-3-5-7-11-16/h10,14-15,18H,3-9,11-13H2,1-2H3. The van der Waals surface area contributed by atoms with E-state index < -0.39 is 5.60 Å². The molecular weight excluding hydrogens is 220 g/mol. The van der Waals surface area contributed by atoms with Gasteiger partial charge >= 0.3 is 0 Å². The molecule has 0 bridgehead atoms. The molecule has 1 fully saturated rings. The Morgan fingerprint density at radius 1 is 1.17 bits per heavy atom. The largest absolute Gasteiger partial charge is 0.386 e. The smallest absolute Gasteiger partial charge is 0.0859 e. The molecule has 0 amide bonds. The van der Waals surface area contributed by atoms with Crippen LogP contribution in [0.2, 0.25) is 0 Å². The molecule has 2 atom stereocenters. The maximum atomic E-state index is 11.1. The Bertz CT molecular complexity index is 292. The number of hydrogen-bond acceptors (Lipinski definition) is 1. The fourth-order valence-corrected chi connectivity index (χ4v) is 3.77. The summed E-state index contributed by atoms with van der Waals surface area (Å²) >= 11 is 0. The summed E-state index contributed by atoms with van der Waals surface area (Å²) in [5.74, 6) is 1.43. The summed E-state index contributed by atoms with van der Waals surface area (Å²) in [6.45, 7) is 4.62. The number of aliphatic hydroxyl groups is 1. The van der Waals surface area contributed by atoms with E-state index in [9.17, 15) is 5.11 Å². The lowest BCUT2D eigenvalue weighted by Crippen LogP contribution is -2.38. The van der Waals surface area contributed by atoms with Gasteiger partial charge in [-0.05, 0) is 68.8 Å². The van der Waals surface area contributed by atoms with E-state index in [1.807, 2.05) is 0 Å². The summed E-state index contributed by atoms with van der Waals surface area (Å²) < 4.78 is 0. The van der Waals surface area contributed by atoms with Crippen molar-refractivity contribution in [2.75, 3.05) is 0 Å². The molecule has 0 aromatic carbocycles. The van der Waals surface area contributed by atoms with Crippen molar-refractivity contribution in [1.29, 1.82) is 0 Å². The Morgan fingerprint density at radius 2 is 1.94 bits per heavy atom. The highest BCUT2D eigenvalue weighted by Gasteiger charge is 2.37. The molecule has 0 saturated heterocycles. The average molecular weight is 250 g/mol. The van der Waals surface area contributed by atoms with E-state index >= 15 is 0 Å². The SMILES string of the molecule is CC(C)C1CCCC(O)(C2=CCCCCCC2)C1. The average Bonchev–Trinajstić information content (AvgIpc) is 2.27. The van der Waals surface area contributed by atoms with Crippen LogP contribution >= 0.6 is 0 Å². The predicted molar refractivity (Wildman–Crippen MR) is 77.5 cm³/mol. The quantitative estimate of drug-likeness (QED) is 0.695. The van der Waals surface area contributed by atoms with Gasteiger partial charge in [0.05, 0.1) is 5.60 Å². The number of rotatable bonds is 2. The maximum Gasteiger partial charge on any atom is 0.0859 e. The molecule has 0 aliphatic heterocycles. The molecule has 18 heavy (non-hydrogen) atoms. The first-order valence-corrected chi connectivity index (χ1v) is 8.04. The molecule has 1 nitrogen and oxygen atoms in total. The molecule has 104 valence electrons. The summed E-state index contributed by atoms with van der Waals surface area (Å²) in [7, 11) is 0. The minimum Gasteiger partial charge on any atom is -0.386 e. The zero-order chi connectivity index (χ0) is 13.0. The Hall–Kier alpha value is -0.300. The first-order valence-electron chi connectivity index (χ1n) is 8.04. The molecule has 0 heterocycles. The molecule has 1 saturated carbocycles. The minimum absolute atomic E-state index is 0.454. The van der Waals surface area contributed by atoms with E-state index in [1.165, 1.54) is 50.5 Å². The summed E-state index contributed by atoms with van der Waals surface area (Å²) in [5.41, 5.74) is 0.928. The van der Waals surface area contributed by atoms with Crippen LogP contribution in [0.1, 0.15) is 78.1 Å². The molecule has 0 aromatic rings. The highest BCUT2D eigenvalue weighted by molar-refractivity contribution is 5.18. The van der Waals surface area contributed by atoms with Crippen LogP contribution in [-0.2, 0) is 0 Å². The van der Waals surface area contributed by atoms with Crippen LogP contribution in [-0.4, -0.2) is 10.7 Å². The summed E-state index contributed by atoms with van der Waals surface area (Å²) in [6.07, 6.45) is 14.5. The van der Waals surface area contributed by atoms with Gasteiger partial charge in [0.1, 0.15) is 0 Å². The van der Waals surface area contributed by atoms with E-state index in [0.717, 1.165) is 25.2 Å².